The van der Waals surface area contributed by atoms with Gasteiger partial charge >= 0.3 is 11.7 Å². The average molecular weight is 335 g/mol. The molecule has 0 spiro atoms. The minimum atomic E-state index is -0.677. The van der Waals surface area contributed by atoms with Gasteiger partial charge in [-0.25, -0.2) is 9.18 Å². The Hall–Kier alpha value is -3.16. The van der Waals surface area contributed by atoms with Crippen molar-refractivity contribution in [2.45, 2.75) is 0 Å². The molecule has 8 heteroatoms. The highest BCUT2D eigenvalue weighted by molar-refractivity contribution is 5.90. The Bertz CT molecular complexity index is 732. The van der Waals surface area contributed by atoms with Crippen molar-refractivity contribution in [2.24, 2.45) is 0 Å². The van der Waals surface area contributed by atoms with Gasteiger partial charge in [0.2, 0.25) is 0 Å². The summed E-state index contributed by atoms with van der Waals surface area (Å²) in [5.41, 5.74) is -0.293. The van der Waals surface area contributed by atoms with Crippen LogP contribution in [0.1, 0.15) is 10.4 Å². The molecule has 0 fully saturated rings. The fourth-order valence-electron chi connectivity index (χ4n) is 1.87. The number of hydrogen-bond acceptors (Lipinski definition) is 6. The predicted octanol–water partition coefficient (Wildman–Crippen LogP) is 2.98. The van der Waals surface area contributed by atoms with Gasteiger partial charge in [-0.3, -0.25) is 10.1 Å². The Balaban J connectivity index is 1.97. The number of esters is 1. The van der Waals surface area contributed by atoms with Crippen molar-refractivity contribution in [3.05, 3.63) is 64.0 Å². The van der Waals surface area contributed by atoms with Gasteiger partial charge in [-0.05, 0) is 36.4 Å². The summed E-state index contributed by atoms with van der Waals surface area (Å²) in [4.78, 5) is 21.8. The molecule has 0 aromatic heterocycles. The second-order valence-electron chi connectivity index (χ2n) is 4.58. The first-order valence-corrected chi connectivity index (χ1v) is 6.89. The molecule has 0 amide bonds. The van der Waals surface area contributed by atoms with Crippen LogP contribution in [0.15, 0.2) is 42.5 Å². The molecule has 0 heterocycles. The summed E-state index contributed by atoms with van der Waals surface area (Å²) in [6.07, 6.45) is 0. The Morgan fingerprint density at radius 3 is 2.42 bits per heavy atom. The van der Waals surface area contributed by atoms with E-state index in [4.69, 9.17) is 9.47 Å². The maximum Gasteiger partial charge on any atom is 0.338 e. The maximum absolute atomic E-state index is 12.8. The molecule has 0 aliphatic carbocycles. The number of methoxy groups -OCH3 is 1. The summed E-state index contributed by atoms with van der Waals surface area (Å²) >= 11 is 0. The lowest BCUT2D eigenvalue weighted by molar-refractivity contribution is -0.385. The van der Waals surface area contributed by atoms with Crippen LogP contribution in [0.5, 0.6) is 11.5 Å². The first kappa shape index (κ1) is 17.2. The molecule has 0 aliphatic heterocycles. The van der Waals surface area contributed by atoms with Crippen molar-refractivity contribution in [3.8, 4) is 11.5 Å². The van der Waals surface area contributed by atoms with Gasteiger partial charge in [0.05, 0.1) is 17.6 Å². The summed E-state index contributed by atoms with van der Waals surface area (Å²) in [5.74, 6) is -0.588. The summed E-state index contributed by atoms with van der Waals surface area (Å²) in [7, 11) is 1.19. The summed E-state index contributed by atoms with van der Waals surface area (Å²) < 4.78 is 27.9. The monoisotopic (exact) mass is 335 g/mol. The zero-order valence-corrected chi connectivity index (χ0v) is 12.7. The van der Waals surface area contributed by atoms with Crippen LogP contribution in [-0.2, 0) is 4.74 Å². The van der Waals surface area contributed by atoms with E-state index in [1.165, 1.54) is 43.5 Å². The summed E-state index contributed by atoms with van der Waals surface area (Å²) in [6, 6.07) is 9.21. The van der Waals surface area contributed by atoms with Crippen LogP contribution in [0.2, 0.25) is 0 Å². The van der Waals surface area contributed by atoms with E-state index in [-0.39, 0.29) is 36.0 Å². The molecule has 0 bridgehead atoms. The van der Waals surface area contributed by atoms with Crippen LogP contribution in [0.25, 0.3) is 0 Å². The first-order chi connectivity index (χ1) is 11.5. The molecule has 0 unspecified atom stereocenters. The smallest absolute Gasteiger partial charge is 0.338 e. The number of benzene rings is 2. The molecule has 2 rings (SSSR count). The number of nitro benzene ring substituents is 1. The van der Waals surface area contributed by atoms with Gasteiger partial charge < -0.3 is 14.2 Å². The molecule has 0 atom stereocenters. The van der Waals surface area contributed by atoms with E-state index < -0.39 is 10.9 Å². The van der Waals surface area contributed by atoms with E-state index in [0.29, 0.717) is 5.75 Å². The third-order valence-corrected chi connectivity index (χ3v) is 3.00. The molecule has 2 aromatic rings. The lowest BCUT2D eigenvalue weighted by Crippen LogP contribution is -2.10. The highest BCUT2D eigenvalue weighted by atomic mass is 19.1. The average Bonchev–Trinajstić information content (AvgIpc) is 2.59. The normalized spacial score (nSPS) is 10.1. The van der Waals surface area contributed by atoms with E-state index in [1.807, 2.05) is 0 Å². The van der Waals surface area contributed by atoms with Crippen molar-refractivity contribution in [1.82, 2.24) is 0 Å². The fraction of sp³-hybridized carbons (Fsp3) is 0.188. The molecule has 0 N–H and O–H groups in total. The zero-order chi connectivity index (χ0) is 17.5. The molecular formula is C16H14FNO6. The van der Waals surface area contributed by atoms with Crippen molar-refractivity contribution in [2.75, 3.05) is 20.3 Å². The van der Waals surface area contributed by atoms with Gasteiger partial charge in [0, 0.05) is 6.07 Å². The van der Waals surface area contributed by atoms with E-state index in [1.54, 1.807) is 0 Å². The van der Waals surface area contributed by atoms with E-state index in [9.17, 15) is 19.3 Å². The van der Waals surface area contributed by atoms with Gasteiger partial charge in [0.25, 0.3) is 0 Å². The minimum Gasteiger partial charge on any atom is -0.490 e. The van der Waals surface area contributed by atoms with E-state index >= 15 is 0 Å². The van der Waals surface area contributed by atoms with Gasteiger partial charge in [0.1, 0.15) is 24.8 Å². The third kappa shape index (κ3) is 4.42. The van der Waals surface area contributed by atoms with Crippen molar-refractivity contribution < 1.29 is 28.3 Å². The van der Waals surface area contributed by atoms with Gasteiger partial charge in [-0.2, -0.15) is 0 Å². The number of ether oxygens (including phenoxy) is 3. The van der Waals surface area contributed by atoms with Crippen LogP contribution in [0.4, 0.5) is 10.1 Å². The quantitative estimate of drug-likeness (QED) is 0.334. The molecular weight excluding hydrogens is 321 g/mol. The summed E-state index contributed by atoms with van der Waals surface area (Å²) in [5, 5.41) is 11.1. The number of hydrogen-bond donors (Lipinski definition) is 0. The Labute approximate surface area is 136 Å². The highest BCUT2D eigenvalue weighted by Crippen LogP contribution is 2.28. The number of nitro groups is 1. The van der Waals surface area contributed by atoms with Crippen LogP contribution < -0.4 is 9.47 Å². The zero-order valence-electron chi connectivity index (χ0n) is 12.7. The summed E-state index contributed by atoms with van der Waals surface area (Å²) in [6.45, 7) is 0.150. The van der Waals surface area contributed by atoms with E-state index in [2.05, 4.69) is 4.74 Å². The first-order valence-electron chi connectivity index (χ1n) is 6.89. The van der Waals surface area contributed by atoms with Crippen LogP contribution >= 0.6 is 0 Å². The van der Waals surface area contributed by atoms with Crippen LogP contribution in [-0.4, -0.2) is 31.2 Å². The molecule has 126 valence electrons. The molecule has 0 aliphatic rings. The maximum atomic E-state index is 12.8. The number of halogens is 1. The lowest BCUT2D eigenvalue weighted by atomic mass is 10.2. The molecule has 0 saturated carbocycles. The van der Waals surface area contributed by atoms with Crippen LogP contribution in [0.3, 0.4) is 0 Å². The molecule has 0 saturated heterocycles. The second-order valence-corrected chi connectivity index (χ2v) is 4.58. The predicted molar refractivity (Wildman–Crippen MR) is 81.8 cm³/mol. The van der Waals surface area contributed by atoms with Gasteiger partial charge in [0.15, 0.2) is 5.75 Å². The molecule has 2 aromatic carbocycles. The second kappa shape index (κ2) is 7.91. The Morgan fingerprint density at radius 1 is 1.12 bits per heavy atom. The van der Waals surface area contributed by atoms with Crippen LogP contribution in [0, 0.1) is 15.9 Å². The molecule has 24 heavy (non-hydrogen) atoms. The van der Waals surface area contributed by atoms with Crippen molar-refractivity contribution in [3.63, 3.8) is 0 Å². The number of carbonyl (C=O) groups excluding carboxylic acids is 1. The van der Waals surface area contributed by atoms with Crippen molar-refractivity contribution in [1.29, 1.82) is 0 Å². The number of rotatable bonds is 7. The topological polar surface area (TPSA) is 87.9 Å². The lowest BCUT2D eigenvalue weighted by Gasteiger charge is -2.09. The molecule has 7 nitrogen and oxygen atoms in total. The minimum absolute atomic E-state index is 0.00959. The number of carbonyl (C=O) groups is 1. The van der Waals surface area contributed by atoms with E-state index in [0.717, 1.165) is 6.07 Å². The van der Waals surface area contributed by atoms with Gasteiger partial charge in [-0.15, -0.1) is 0 Å². The number of nitrogens with zero attached hydrogens (tertiary/aromatic N) is 1. The SMILES string of the molecule is COC(=O)c1ccc(OCCOc2ccc(F)cc2)c([N+](=O)[O-])c1. The fourth-order valence-corrected chi connectivity index (χ4v) is 1.87. The Kier molecular flexibility index (Phi) is 5.67. The van der Waals surface area contributed by atoms with Crippen molar-refractivity contribution >= 4 is 11.7 Å². The largest absolute Gasteiger partial charge is 0.490 e. The third-order valence-electron chi connectivity index (χ3n) is 3.00. The van der Waals surface area contributed by atoms with Gasteiger partial charge in [-0.1, -0.05) is 0 Å². The Morgan fingerprint density at radius 2 is 1.79 bits per heavy atom. The molecule has 0 radical (unpaired) electrons. The standard InChI is InChI=1S/C16H14FNO6/c1-22-16(19)11-2-7-15(14(10-11)18(20)21)24-9-8-23-13-5-3-12(17)4-6-13/h2-7,10H,8-9H2,1H3. The highest BCUT2D eigenvalue weighted by Gasteiger charge is 2.19.